The van der Waals surface area contributed by atoms with Crippen molar-refractivity contribution in [3.05, 3.63) is 34.4 Å². The molecule has 0 bridgehead atoms. The average molecular weight is 360 g/mol. The lowest BCUT2D eigenvalue weighted by atomic mass is 9.80. The molecule has 0 saturated heterocycles. The van der Waals surface area contributed by atoms with E-state index in [2.05, 4.69) is 22.6 Å². The van der Waals surface area contributed by atoms with Gasteiger partial charge in [-0.1, -0.05) is 22.9 Å². The second-order valence-electron chi connectivity index (χ2n) is 7.02. The van der Waals surface area contributed by atoms with Crippen molar-refractivity contribution in [3.8, 4) is 0 Å². The Labute approximate surface area is 154 Å². The van der Waals surface area contributed by atoms with Gasteiger partial charge in [-0.05, 0) is 63.1 Å². The number of esters is 1. The minimum absolute atomic E-state index is 0.169. The second kappa shape index (κ2) is 8.34. The maximum atomic E-state index is 12.7. The van der Waals surface area contributed by atoms with Crippen LogP contribution in [-0.4, -0.2) is 37.3 Å². The van der Waals surface area contributed by atoms with Crippen LogP contribution in [0.5, 0.6) is 0 Å². The van der Waals surface area contributed by atoms with Crippen molar-refractivity contribution in [2.75, 3.05) is 14.2 Å². The second-order valence-corrected chi connectivity index (χ2v) is 7.02. The predicted molar refractivity (Wildman–Crippen MR) is 100 cm³/mol. The predicted octanol–water partition coefficient (Wildman–Crippen LogP) is 2.76. The Morgan fingerprint density at radius 1 is 1.12 bits per heavy atom. The normalized spacial score (nSPS) is 19.7. The highest BCUT2D eigenvalue weighted by molar-refractivity contribution is 5.93. The lowest BCUT2D eigenvalue weighted by molar-refractivity contribution is -0.151. The highest BCUT2D eigenvalue weighted by Gasteiger charge is 2.43. The Morgan fingerprint density at radius 3 is 2.19 bits per heavy atom. The van der Waals surface area contributed by atoms with Gasteiger partial charge in [-0.25, -0.2) is 4.79 Å². The van der Waals surface area contributed by atoms with Crippen molar-refractivity contribution >= 4 is 17.6 Å². The van der Waals surface area contributed by atoms with Gasteiger partial charge in [0.05, 0.1) is 19.2 Å². The monoisotopic (exact) mass is 360 g/mol. The van der Waals surface area contributed by atoms with Crippen LogP contribution in [0.25, 0.3) is 0 Å². The Balaban J connectivity index is 2.16. The fourth-order valence-electron chi connectivity index (χ4n) is 3.72. The van der Waals surface area contributed by atoms with Gasteiger partial charge in [0, 0.05) is 0 Å². The van der Waals surface area contributed by atoms with E-state index < -0.39 is 11.5 Å². The van der Waals surface area contributed by atoms with Gasteiger partial charge in [-0.15, -0.1) is 0 Å². The SMILES string of the molecule is CON=C1CCC(NC(=O)Cc2c(C)cc(C)cc2C)(C(=O)OC)CC1. The molecule has 1 aromatic carbocycles. The molecule has 142 valence electrons. The van der Waals surface area contributed by atoms with Crippen LogP contribution in [-0.2, 0) is 25.6 Å². The van der Waals surface area contributed by atoms with Gasteiger partial charge >= 0.3 is 5.97 Å². The zero-order valence-electron chi connectivity index (χ0n) is 16.3. The number of methoxy groups -OCH3 is 1. The molecule has 6 nitrogen and oxygen atoms in total. The quantitative estimate of drug-likeness (QED) is 0.647. The number of carbonyl (C=O) groups is 2. The first-order valence-electron chi connectivity index (χ1n) is 8.86. The third-order valence-electron chi connectivity index (χ3n) is 5.03. The summed E-state index contributed by atoms with van der Waals surface area (Å²) < 4.78 is 4.98. The number of amides is 1. The van der Waals surface area contributed by atoms with Crippen molar-refractivity contribution in [3.63, 3.8) is 0 Å². The molecular weight excluding hydrogens is 332 g/mol. The van der Waals surface area contributed by atoms with Gasteiger partial charge in [-0.3, -0.25) is 4.79 Å². The molecule has 26 heavy (non-hydrogen) atoms. The van der Waals surface area contributed by atoms with Crippen molar-refractivity contribution in [1.29, 1.82) is 0 Å². The first-order valence-corrected chi connectivity index (χ1v) is 8.86. The van der Waals surface area contributed by atoms with E-state index in [1.165, 1.54) is 19.8 Å². The highest BCUT2D eigenvalue weighted by Crippen LogP contribution is 2.29. The van der Waals surface area contributed by atoms with E-state index in [-0.39, 0.29) is 12.3 Å². The van der Waals surface area contributed by atoms with Gasteiger partial charge in [-0.2, -0.15) is 0 Å². The van der Waals surface area contributed by atoms with Crippen molar-refractivity contribution < 1.29 is 19.2 Å². The molecule has 0 atom stereocenters. The largest absolute Gasteiger partial charge is 0.467 e. The molecule has 0 radical (unpaired) electrons. The van der Waals surface area contributed by atoms with E-state index in [0.717, 1.165) is 22.4 Å². The Kier molecular flexibility index (Phi) is 6.40. The zero-order chi connectivity index (χ0) is 19.3. The molecule has 1 fully saturated rings. The van der Waals surface area contributed by atoms with E-state index in [0.29, 0.717) is 25.7 Å². The number of carbonyl (C=O) groups excluding carboxylic acids is 2. The molecule has 0 unspecified atom stereocenters. The molecule has 1 aliphatic rings. The molecule has 0 spiro atoms. The van der Waals surface area contributed by atoms with Crippen LogP contribution in [0, 0.1) is 20.8 Å². The molecule has 1 saturated carbocycles. The number of benzene rings is 1. The third kappa shape index (κ3) is 4.42. The Bertz CT molecular complexity index is 692. The van der Waals surface area contributed by atoms with Crippen LogP contribution < -0.4 is 5.32 Å². The number of nitrogens with zero attached hydrogens (tertiary/aromatic N) is 1. The first-order chi connectivity index (χ1) is 12.3. The lowest BCUT2D eigenvalue weighted by Crippen LogP contribution is -2.57. The summed E-state index contributed by atoms with van der Waals surface area (Å²) in [5.41, 5.74) is 4.25. The summed E-state index contributed by atoms with van der Waals surface area (Å²) in [7, 11) is 2.85. The zero-order valence-corrected chi connectivity index (χ0v) is 16.3. The third-order valence-corrected chi connectivity index (χ3v) is 5.03. The molecule has 1 aliphatic carbocycles. The van der Waals surface area contributed by atoms with E-state index in [1.54, 1.807) is 0 Å². The van der Waals surface area contributed by atoms with Crippen LogP contribution in [0.1, 0.15) is 47.9 Å². The van der Waals surface area contributed by atoms with Crippen LogP contribution in [0.4, 0.5) is 0 Å². The molecule has 1 N–H and O–H groups in total. The standard InChI is InChI=1S/C20H28N2O4/c1-13-10-14(2)17(15(3)11-13)12-18(23)21-20(19(24)25-4)8-6-16(7-9-20)22-26-5/h10-11H,6-9,12H2,1-5H3,(H,21,23). The van der Waals surface area contributed by atoms with E-state index in [1.807, 2.05) is 20.8 Å². The Morgan fingerprint density at radius 2 is 1.69 bits per heavy atom. The number of hydrogen-bond acceptors (Lipinski definition) is 5. The number of rotatable bonds is 5. The number of nitrogens with one attached hydrogen (secondary N) is 1. The molecule has 1 amide bonds. The number of oxime groups is 1. The number of ether oxygens (including phenoxy) is 1. The van der Waals surface area contributed by atoms with E-state index >= 15 is 0 Å². The van der Waals surface area contributed by atoms with E-state index in [9.17, 15) is 9.59 Å². The molecule has 0 heterocycles. The molecule has 2 rings (SSSR count). The minimum Gasteiger partial charge on any atom is -0.467 e. The summed E-state index contributed by atoms with van der Waals surface area (Å²) in [5, 5.41) is 6.92. The summed E-state index contributed by atoms with van der Waals surface area (Å²) in [4.78, 5) is 30.0. The minimum atomic E-state index is -0.995. The van der Waals surface area contributed by atoms with E-state index in [4.69, 9.17) is 9.57 Å². The molecule has 1 aromatic rings. The van der Waals surface area contributed by atoms with Gasteiger partial charge < -0.3 is 14.9 Å². The van der Waals surface area contributed by atoms with Crippen LogP contribution in [0.2, 0.25) is 0 Å². The maximum absolute atomic E-state index is 12.7. The fraction of sp³-hybridized carbons (Fsp3) is 0.550. The summed E-state index contributed by atoms with van der Waals surface area (Å²) in [6.45, 7) is 6.05. The smallest absolute Gasteiger partial charge is 0.331 e. The topological polar surface area (TPSA) is 77.0 Å². The van der Waals surface area contributed by atoms with Gasteiger partial charge in [0.2, 0.25) is 5.91 Å². The molecule has 0 aliphatic heterocycles. The summed E-state index contributed by atoms with van der Waals surface area (Å²) in [6.07, 6.45) is 2.34. The molecule has 6 heteroatoms. The van der Waals surface area contributed by atoms with Crippen LogP contribution >= 0.6 is 0 Å². The Hall–Kier alpha value is -2.37. The first kappa shape index (κ1) is 19.9. The summed E-state index contributed by atoms with van der Waals surface area (Å²) in [6, 6.07) is 4.14. The van der Waals surface area contributed by atoms with Crippen molar-refractivity contribution in [2.45, 2.75) is 58.4 Å². The number of aryl methyl sites for hydroxylation is 3. The van der Waals surface area contributed by atoms with Gasteiger partial charge in [0.25, 0.3) is 0 Å². The van der Waals surface area contributed by atoms with Gasteiger partial charge in [0.1, 0.15) is 12.6 Å². The summed E-state index contributed by atoms with van der Waals surface area (Å²) >= 11 is 0. The fourth-order valence-corrected chi connectivity index (χ4v) is 3.72. The van der Waals surface area contributed by atoms with Crippen LogP contribution in [0.3, 0.4) is 0 Å². The molecular formula is C20H28N2O4. The van der Waals surface area contributed by atoms with Crippen molar-refractivity contribution in [2.24, 2.45) is 5.16 Å². The lowest BCUT2D eigenvalue weighted by Gasteiger charge is -2.35. The number of hydrogen-bond donors (Lipinski definition) is 1. The average Bonchev–Trinajstić information content (AvgIpc) is 2.59. The highest BCUT2D eigenvalue weighted by atomic mass is 16.6. The molecule has 0 aromatic heterocycles. The van der Waals surface area contributed by atoms with Crippen LogP contribution in [0.15, 0.2) is 17.3 Å². The van der Waals surface area contributed by atoms with Gasteiger partial charge in [0.15, 0.2) is 0 Å². The van der Waals surface area contributed by atoms with Crippen molar-refractivity contribution in [1.82, 2.24) is 5.32 Å². The maximum Gasteiger partial charge on any atom is 0.331 e. The summed E-state index contributed by atoms with van der Waals surface area (Å²) in [5.74, 6) is -0.572.